The molecule has 0 radical (unpaired) electrons. The molecule has 2 rings (SSSR count). The van der Waals surface area contributed by atoms with E-state index in [1.165, 1.54) is 24.2 Å². The molecule has 1 fully saturated rings. The number of thiazole rings is 1. The van der Waals surface area contributed by atoms with Crippen LogP contribution in [0.4, 0.5) is 0 Å². The molecule has 2 heterocycles. The molecule has 16 heavy (non-hydrogen) atoms. The van der Waals surface area contributed by atoms with E-state index >= 15 is 0 Å². The van der Waals surface area contributed by atoms with Crippen LogP contribution in [0.3, 0.4) is 0 Å². The van der Waals surface area contributed by atoms with Crippen molar-refractivity contribution in [3.8, 4) is 0 Å². The fourth-order valence-corrected chi connectivity index (χ4v) is 2.46. The SMILES string of the molecule is Cc1nc(C(=O)NC2CCCCNC2)cs1. The van der Waals surface area contributed by atoms with Crippen LogP contribution < -0.4 is 10.6 Å². The molecule has 88 valence electrons. The Balaban J connectivity index is 1.90. The van der Waals surface area contributed by atoms with Crippen molar-refractivity contribution in [2.24, 2.45) is 0 Å². The minimum absolute atomic E-state index is 0.0435. The van der Waals surface area contributed by atoms with Crippen molar-refractivity contribution in [2.75, 3.05) is 13.1 Å². The highest BCUT2D eigenvalue weighted by Crippen LogP contribution is 2.09. The average molecular weight is 239 g/mol. The van der Waals surface area contributed by atoms with E-state index in [2.05, 4.69) is 15.6 Å². The van der Waals surface area contributed by atoms with Crippen LogP contribution in [0, 0.1) is 6.92 Å². The van der Waals surface area contributed by atoms with Gasteiger partial charge in [0, 0.05) is 18.0 Å². The molecule has 1 unspecified atom stereocenters. The lowest BCUT2D eigenvalue weighted by atomic mass is 10.1. The van der Waals surface area contributed by atoms with Gasteiger partial charge < -0.3 is 10.6 Å². The van der Waals surface area contributed by atoms with Crippen molar-refractivity contribution in [1.82, 2.24) is 15.6 Å². The van der Waals surface area contributed by atoms with Gasteiger partial charge in [-0.2, -0.15) is 0 Å². The van der Waals surface area contributed by atoms with Gasteiger partial charge >= 0.3 is 0 Å². The number of nitrogens with zero attached hydrogens (tertiary/aromatic N) is 1. The lowest BCUT2D eigenvalue weighted by molar-refractivity contribution is 0.0931. The summed E-state index contributed by atoms with van der Waals surface area (Å²) in [4.78, 5) is 16.0. The van der Waals surface area contributed by atoms with Crippen LogP contribution in [0.25, 0.3) is 0 Å². The molecule has 1 saturated heterocycles. The molecule has 0 aromatic carbocycles. The number of carbonyl (C=O) groups excluding carboxylic acids is 1. The molecular formula is C11H17N3OS. The number of hydrogen-bond donors (Lipinski definition) is 2. The molecule has 1 amide bonds. The van der Waals surface area contributed by atoms with Crippen LogP contribution in [-0.2, 0) is 0 Å². The van der Waals surface area contributed by atoms with E-state index in [1.54, 1.807) is 0 Å². The molecule has 5 heteroatoms. The molecule has 1 atom stereocenters. The first-order valence-corrected chi connectivity index (χ1v) is 6.57. The monoisotopic (exact) mass is 239 g/mol. The maximum absolute atomic E-state index is 11.8. The summed E-state index contributed by atoms with van der Waals surface area (Å²) in [5.74, 6) is -0.0435. The van der Waals surface area contributed by atoms with Crippen molar-refractivity contribution in [3.05, 3.63) is 16.1 Å². The number of amides is 1. The summed E-state index contributed by atoms with van der Waals surface area (Å²) in [6, 6.07) is 0.247. The minimum Gasteiger partial charge on any atom is -0.347 e. The van der Waals surface area contributed by atoms with Crippen LogP contribution in [0.5, 0.6) is 0 Å². The second kappa shape index (κ2) is 5.41. The van der Waals surface area contributed by atoms with Crippen molar-refractivity contribution in [2.45, 2.75) is 32.2 Å². The summed E-state index contributed by atoms with van der Waals surface area (Å²) in [5.41, 5.74) is 0.548. The van der Waals surface area contributed by atoms with E-state index in [4.69, 9.17) is 0 Å². The van der Waals surface area contributed by atoms with Crippen molar-refractivity contribution in [3.63, 3.8) is 0 Å². The van der Waals surface area contributed by atoms with E-state index in [-0.39, 0.29) is 11.9 Å². The molecule has 1 aromatic heterocycles. The Morgan fingerprint density at radius 3 is 3.25 bits per heavy atom. The number of aromatic nitrogens is 1. The molecule has 0 aliphatic carbocycles. The Kier molecular flexibility index (Phi) is 3.90. The highest BCUT2D eigenvalue weighted by molar-refractivity contribution is 7.09. The number of rotatable bonds is 2. The van der Waals surface area contributed by atoms with Gasteiger partial charge in [-0.3, -0.25) is 4.79 Å². The quantitative estimate of drug-likeness (QED) is 0.818. The molecule has 0 spiro atoms. The van der Waals surface area contributed by atoms with Gasteiger partial charge in [-0.25, -0.2) is 4.98 Å². The van der Waals surface area contributed by atoms with E-state index < -0.39 is 0 Å². The summed E-state index contributed by atoms with van der Waals surface area (Å²) in [6.45, 7) is 3.84. The second-order valence-electron chi connectivity index (χ2n) is 4.12. The Bertz CT molecular complexity index is 356. The third-order valence-electron chi connectivity index (χ3n) is 2.73. The number of hydrogen-bond acceptors (Lipinski definition) is 4. The van der Waals surface area contributed by atoms with Crippen molar-refractivity contribution < 1.29 is 4.79 Å². The van der Waals surface area contributed by atoms with Gasteiger partial charge in [0.1, 0.15) is 5.69 Å². The molecular weight excluding hydrogens is 222 g/mol. The van der Waals surface area contributed by atoms with Crippen molar-refractivity contribution in [1.29, 1.82) is 0 Å². The highest BCUT2D eigenvalue weighted by Gasteiger charge is 2.16. The zero-order valence-corrected chi connectivity index (χ0v) is 10.3. The van der Waals surface area contributed by atoms with Gasteiger partial charge in [-0.1, -0.05) is 6.42 Å². The molecule has 1 aliphatic rings. The van der Waals surface area contributed by atoms with E-state index in [0.29, 0.717) is 5.69 Å². The van der Waals surface area contributed by atoms with Gasteiger partial charge in [0.05, 0.1) is 5.01 Å². The Morgan fingerprint density at radius 1 is 1.62 bits per heavy atom. The Labute approximate surface area is 99.5 Å². The smallest absolute Gasteiger partial charge is 0.271 e. The van der Waals surface area contributed by atoms with Crippen molar-refractivity contribution >= 4 is 17.2 Å². The van der Waals surface area contributed by atoms with Crippen LogP contribution in [0.2, 0.25) is 0 Å². The summed E-state index contributed by atoms with van der Waals surface area (Å²) in [7, 11) is 0. The fourth-order valence-electron chi connectivity index (χ4n) is 1.87. The molecule has 0 saturated carbocycles. The first-order chi connectivity index (χ1) is 7.75. The zero-order valence-electron chi connectivity index (χ0n) is 9.45. The first-order valence-electron chi connectivity index (χ1n) is 5.69. The lowest BCUT2D eigenvalue weighted by Gasteiger charge is -2.15. The first kappa shape index (κ1) is 11.5. The zero-order chi connectivity index (χ0) is 11.4. The maximum atomic E-state index is 11.8. The number of carbonyl (C=O) groups is 1. The molecule has 1 aliphatic heterocycles. The predicted molar refractivity (Wildman–Crippen MR) is 64.8 cm³/mol. The summed E-state index contributed by atoms with van der Waals surface area (Å²) in [6.07, 6.45) is 3.43. The van der Waals surface area contributed by atoms with Crippen LogP contribution in [0.1, 0.15) is 34.8 Å². The standard InChI is InChI=1S/C11H17N3OS/c1-8-13-10(7-16-8)11(15)14-9-4-2-3-5-12-6-9/h7,9,12H,2-6H2,1H3,(H,14,15). The summed E-state index contributed by atoms with van der Waals surface area (Å²) >= 11 is 1.51. The van der Waals surface area contributed by atoms with Crippen LogP contribution >= 0.6 is 11.3 Å². The van der Waals surface area contributed by atoms with Gasteiger partial charge in [0.2, 0.25) is 0 Å². The summed E-state index contributed by atoms with van der Waals surface area (Å²) in [5, 5.41) is 9.11. The average Bonchev–Trinajstić information content (AvgIpc) is 2.54. The van der Waals surface area contributed by atoms with Crippen LogP contribution in [0.15, 0.2) is 5.38 Å². The van der Waals surface area contributed by atoms with E-state index in [1.807, 2.05) is 12.3 Å². The van der Waals surface area contributed by atoms with Crippen LogP contribution in [-0.4, -0.2) is 30.0 Å². The predicted octanol–water partition coefficient (Wildman–Crippen LogP) is 1.32. The molecule has 2 N–H and O–H groups in total. The lowest BCUT2D eigenvalue weighted by Crippen LogP contribution is -2.40. The Morgan fingerprint density at radius 2 is 2.50 bits per heavy atom. The highest BCUT2D eigenvalue weighted by atomic mass is 32.1. The fraction of sp³-hybridized carbons (Fsp3) is 0.636. The van der Waals surface area contributed by atoms with E-state index in [0.717, 1.165) is 24.5 Å². The topological polar surface area (TPSA) is 54.0 Å². The molecule has 4 nitrogen and oxygen atoms in total. The normalized spacial score (nSPS) is 21.4. The largest absolute Gasteiger partial charge is 0.347 e. The van der Waals surface area contributed by atoms with E-state index in [9.17, 15) is 4.79 Å². The van der Waals surface area contributed by atoms with Gasteiger partial charge in [0.25, 0.3) is 5.91 Å². The number of nitrogens with one attached hydrogen (secondary N) is 2. The maximum Gasteiger partial charge on any atom is 0.271 e. The third kappa shape index (κ3) is 3.02. The molecule has 1 aromatic rings. The second-order valence-corrected chi connectivity index (χ2v) is 5.18. The van der Waals surface area contributed by atoms with Gasteiger partial charge in [-0.15, -0.1) is 11.3 Å². The summed E-state index contributed by atoms with van der Waals surface area (Å²) < 4.78 is 0. The van der Waals surface area contributed by atoms with Gasteiger partial charge in [-0.05, 0) is 26.3 Å². The third-order valence-corrected chi connectivity index (χ3v) is 3.51. The van der Waals surface area contributed by atoms with Gasteiger partial charge in [0.15, 0.2) is 0 Å². The molecule has 0 bridgehead atoms. The Hall–Kier alpha value is -0.940. The number of aryl methyl sites for hydroxylation is 1. The minimum atomic E-state index is -0.0435.